The van der Waals surface area contributed by atoms with E-state index in [1.54, 1.807) is 0 Å². The van der Waals surface area contributed by atoms with Gasteiger partial charge in [-0.1, -0.05) is 52.4 Å². The van der Waals surface area contributed by atoms with E-state index in [1.165, 1.54) is 51.4 Å². The molecule has 14 heavy (non-hydrogen) atoms. The summed E-state index contributed by atoms with van der Waals surface area (Å²) in [7, 11) is 0. The summed E-state index contributed by atoms with van der Waals surface area (Å²) in [6, 6.07) is 0. The second-order valence-corrected chi connectivity index (χ2v) is 3.73. The van der Waals surface area contributed by atoms with Crippen molar-refractivity contribution >= 4 is 0 Å². The molecule has 0 saturated heterocycles. The van der Waals surface area contributed by atoms with E-state index in [0.29, 0.717) is 0 Å². The van der Waals surface area contributed by atoms with Crippen LogP contribution in [-0.2, 0) is 30.9 Å². The molecule has 2 heteroatoms. The molecule has 0 aliphatic heterocycles. The Morgan fingerprint density at radius 1 is 0.643 bits per heavy atom. The third-order valence-electron chi connectivity index (χ3n) is 2.28. The van der Waals surface area contributed by atoms with Crippen molar-refractivity contribution in [3.63, 3.8) is 0 Å². The zero-order valence-electron chi connectivity index (χ0n) is 9.98. The van der Waals surface area contributed by atoms with E-state index in [2.05, 4.69) is 13.8 Å². The zero-order chi connectivity index (χ0) is 9.78. The Kier molecular flexibility index (Phi) is 20.1. The van der Waals surface area contributed by atoms with Crippen LogP contribution in [0.15, 0.2) is 0 Å². The molecular weight excluding hydrogens is 251 g/mol. The van der Waals surface area contributed by atoms with Crippen LogP contribution in [0, 0.1) is 0 Å². The fourth-order valence-electron chi connectivity index (χ4n) is 1.36. The first kappa shape index (κ1) is 17.2. The molecule has 0 fully saturated rings. The van der Waals surface area contributed by atoms with Gasteiger partial charge in [0.25, 0.3) is 0 Å². The van der Waals surface area contributed by atoms with Crippen LogP contribution in [0.1, 0.15) is 65.2 Å². The first-order valence-corrected chi connectivity index (χ1v) is 5.99. The Labute approximate surface area is 109 Å². The van der Waals surface area contributed by atoms with E-state index in [4.69, 9.17) is 4.74 Å². The molecule has 0 rings (SSSR count). The van der Waals surface area contributed by atoms with Crippen molar-refractivity contribution in [2.45, 2.75) is 65.2 Å². The summed E-state index contributed by atoms with van der Waals surface area (Å²) in [6.45, 7) is 6.44. The van der Waals surface area contributed by atoms with Crippen LogP contribution in [0.4, 0.5) is 0 Å². The van der Waals surface area contributed by atoms with Crippen molar-refractivity contribution in [3.8, 4) is 0 Å². The summed E-state index contributed by atoms with van der Waals surface area (Å²) in [5.74, 6) is 0. The average molecular weight is 278 g/mol. The fourth-order valence-corrected chi connectivity index (χ4v) is 1.36. The summed E-state index contributed by atoms with van der Waals surface area (Å²) in [6.07, 6.45) is 10.5. The Balaban J connectivity index is 0. The minimum absolute atomic E-state index is 0. The normalized spacial score (nSPS) is 9.86. The molecule has 0 N–H and O–H groups in total. The maximum Gasteiger partial charge on any atom is 0.0466 e. The van der Waals surface area contributed by atoms with Crippen LogP contribution in [-0.4, -0.2) is 13.2 Å². The minimum Gasteiger partial charge on any atom is -0.381 e. The smallest absolute Gasteiger partial charge is 0.0466 e. The van der Waals surface area contributed by atoms with E-state index < -0.39 is 0 Å². The van der Waals surface area contributed by atoms with Crippen molar-refractivity contribution in [1.29, 1.82) is 0 Å². The molecule has 0 bridgehead atoms. The molecule has 0 heterocycles. The Hall–Kier alpha value is 0.843. The Bertz CT molecular complexity index is 76.4. The van der Waals surface area contributed by atoms with E-state index in [1.807, 2.05) is 0 Å². The van der Waals surface area contributed by atoms with Gasteiger partial charge in [0.2, 0.25) is 0 Å². The van der Waals surface area contributed by atoms with Crippen molar-refractivity contribution < 1.29 is 30.9 Å². The largest absolute Gasteiger partial charge is 0.381 e. The first-order valence-electron chi connectivity index (χ1n) is 5.99. The maximum absolute atomic E-state index is 5.53. The molecule has 84 valence electrons. The number of ether oxygens (including phenoxy) is 1. The topological polar surface area (TPSA) is 9.23 Å². The van der Waals surface area contributed by atoms with Crippen molar-refractivity contribution in [3.05, 3.63) is 0 Å². The molecule has 0 spiro atoms. The van der Waals surface area contributed by atoms with Gasteiger partial charge in [-0.15, -0.1) is 0 Å². The molecule has 0 aromatic rings. The molecule has 0 aromatic carbocycles. The molecule has 0 unspecified atom stereocenters. The van der Waals surface area contributed by atoms with Gasteiger partial charge < -0.3 is 4.74 Å². The average Bonchev–Trinajstić information content (AvgIpc) is 2.16. The third kappa shape index (κ3) is 15.3. The van der Waals surface area contributed by atoms with Crippen LogP contribution in [0.25, 0.3) is 0 Å². The van der Waals surface area contributed by atoms with Gasteiger partial charge in [-0.05, 0) is 12.8 Å². The van der Waals surface area contributed by atoms with Gasteiger partial charge in [0.1, 0.15) is 0 Å². The number of hydrogen-bond acceptors (Lipinski definition) is 1. The summed E-state index contributed by atoms with van der Waals surface area (Å²) >= 11 is 0. The molecule has 0 aliphatic carbocycles. The van der Waals surface area contributed by atoms with E-state index in [-0.39, 0.29) is 26.2 Å². The summed E-state index contributed by atoms with van der Waals surface area (Å²) in [5, 5.41) is 0. The molecule has 0 aromatic heterocycles. The van der Waals surface area contributed by atoms with Crippen molar-refractivity contribution in [2.75, 3.05) is 13.2 Å². The zero-order valence-corrected chi connectivity index (χ0v) is 12.4. The van der Waals surface area contributed by atoms with Crippen LogP contribution in [0.5, 0.6) is 0 Å². The molecule has 1 nitrogen and oxygen atoms in total. The van der Waals surface area contributed by atoms with Crippen molar-refractivity contribution in [1.82, 2.24) is 0 Å². The van der Waals surface area contributed by atoms with Gasteiger partial charge in [-0.3, -0.25) is 0 Å². The quantitative estimate of drug-likeness (QED) is 0.545. The molecule has 0 atom stereocenters. The predicted molar refractivity (Wildman–Crippen MR) is 59.1 cm³/mol. The van der Waals surface area contributed by atoms with Crippen LogP contribution >= 0.6 is 0 Å². The van der Waals surface area contributed by atoms with Crippen molar-refractivity contribution in [2.24, 2.45) is 0 Å². The van der Waals surface area contributed by atoms with Crippen LogP contribution < -0.4 is 0 Å². The molecular formula is C12H26OZr. The third-order valence-corrected chi connectivity index (χ3v) is 2.28. The van der Waals surface area contributed by atoms with Gasteiger partial charge >= 0.3 is 0 Å². The second-order valence-electron chi connectivity index (χ2n) is 3.73. The van der Waals surface area contributed by atoms with Gasteiger partial charge in [0.05, 0.1) is 0 Å². The number of rotatable bonds is 10. The first-order chi connectivity index (χ1) is 6.41. The fraction of sp³-hybridized carbons (Fsp3) is 1.00. The Morgan fingerprint density at radius 2 is 1.07 bits per heavy atom. The van der Waals surface area contributed by atoms with Gasteiger partial charge in [0, 0.05) is 39.4 Å². The van der Waals surface area contributed by atoms with Gasteiger partial charge in [0.15, 0.2) is 0 Å². The minimum atomic E-state index is 0. The Morgan fingerprint density at radius 3 is 1.43 bits per heavy atom. The van der Waals surface area contributed by atoms with Crippen LogP contribution in [0.3, 0.4) is 0 Å². The standard InChI is InChI=1S/C12H26O.Zr/c1-3-5-7-9-11-13-12-10-8-6-4-2;/h3-12H2,1-2H3;. The summed E-state index contributed by atoms with van der Waals surface area (Å²) in [4.78, 5) is 0. The molecule has 0 saturated carbocycles. The molecule has 0 radical (unpaired) electrons. The second kappa shape index (κ2) is 16.3. The SMILES string of the molecule is CCCCCCOCCCCCC.[Zr]. The molecule has 0 aliphatic rings. The number of hydrogen-bond donors (Lipinski definition) is 0. The molecule has 0 amide bonds. The monoisotopic (exact) mass is 276 g/mol. The number of unbranched alkanes of at least 4 members (excludes halogenated alkanes) is 6. The summed E-state index contributed by atoms with van der Waals surface area (Å²) < 4.78 is 5.53. The van der Waals surface area contributed by atoms with E-state index >= 15 is 0 Å². The van der Waals surface area contributed by atoms with E-state index in [0.717, 1.165) is 13.2 Å². The maximum atomic E-state index is 5.53. The van der Waals surface area contributed by atoms with Gasteiger partial charge in [-0.25, -0.2) is 0 Å². The van der Waals surface area contributed by atoms with Gasteiger partial charge in [-0.2, -0.15) is 0 Å². The van der Waals surface area contributed by atoms with Crippen LogP contribution in [0.2, 0.25) is 0 Å². The van der Waals surface area contributed by atoms with E-state index in [9.17, 15) is 0 Å². The summed E-state index contributed by atoms with van der Waals surface area (Å²) in [5.41, 5.74) is 0. The predicted octanol–water partition coefficient (Wildman–Crippen LogP) is 4.16.